The summed E-state index contributed by atoms with van der Waals surface area (Å²) in [5.74, 6) is -0.320. The fraction of sp³-hybridized carbons (Fsp3) is 0.579. The number of unbranched alkanes of at least 4 members (excludes halogenated alkanes) is 1. The highest BCUT2D eigenvalue weighted by Gasteiger charge is 2.32. The Morgan fingerprint density at radius 1 is 1.16 bits per heavy atom. The molecule has 0 aliphatic rings. The number of methoxy groups -OCH3 is 2. The van der Waals surface area contributed by atoms with Crippen LogP contribution in [0.2, 0.25) is 0 Å². The topological polar surface area (TPSA) is 73.9 Å². The summed E-state index contributed by atoms with van der Waals surface area (Å²) in [5.41, 5.74) is -0.144. The molecule has 0 aliphatic heterocycles. The highest BCUT2D eigenvalue weighted by molar-refractivity contribution is 5.99. The summed E-state index contributed by atoms with van der Waals surface area (Å²) >= 11 is 0. The summed E-state index contributed by atoms with van der Waals surface area (Å²) in [7, 11) is 2.83. The van der Waals surface area contributed by atoms with Crippen LogP contribution in [0.4, 0.5) is 5.69 Å². The predicted molar refractivity (Wildman–Crippen MR) is 97.1 cm³/mol. The van der Waals surface area contributed by atoms with E-state index in [1.807, 2.05) is 6.92 Å². The van der Waals surface area contributed by atoms with Gasteiger partial charge in [-0.05, 0) is 38.0 Å². The van der Waals surface area contributed by atoms with Gasteiger partial charge in [0, 0.05) is 12.8 Å². The predicted octanol–water partition coefficient (Wildman–Crippen LogP) is 3.80. The Hall–Kier alpha value is -2.08. The summed E-state index contributed by atoms with van der Waals surface area (Å²) in [4.78, 5) is 24.5. The smallest absolute Gasteiger partial charge is 0.341 e. The van der Waals surface area contributed by atoms with Crippen molar-refractivity contribution in [2.45, 2.75) is 52.1 Å². The highest BCUT2D eigenvalue weighted by Crippen LogP contribution is 2.26. The van der Waals surface area contributed by atoms with Gasteiger partial charge >= 0.3 is 5.97 Å². The fourth-order valence-electron chi connectivity index (χ4n) is 2.38. The third kappa shape index (κ3) is 5.74. The van der Waals surface area contributed by atoms with Gasteiger partial charge < -0.3 is 19.5 Å². The van der Waals surface area contributed by atoms with Gasteiger partial charge in [0.2, 0.25) is 0 Å². The summed E-state index contributed by atoms with van der Waals surface area (Å²) in [5, 5.41) is 2.80. The van der Waals surface area contributed by atoms with Gasteiger partial charge in [-0.2, -0.15) is 0 Å². The molecule has 0 heterocycles. The molecule has 1 amide bonds. The van der Waals surface area contributed by atoms with Crippen LogP contribution in [0.3, 0.4) is 0 Å². The molecule has 0 radical (unpaired) electrons. The molecule has 1 aromatic carbocycles. The fourth-order valence-corrected chi connectivity index (χ4v) is 2.38. The Bertz CT molecular complexity index is 587. The van der Waals surface area contributed by atoms with Crippen molar-refractivity contribution < 1.29 is 23.8 Å². The Labute approximate surface area is 149 Å². The van der Waals surface area contributed by atoms with Gasteiger partial charge in [-0.3, -0.25) is 4.79 Å². The quantitative estimate of drug-likeness (QED) is 0.513. The molecule has 140 valence electrons. The number of carbonyl (C=O) groups is 2. The lowest BCUT2D eigenvalue weighted by atomic mass is 9.99. The molecule has 0 aliphatic carbocycles. The molecule has 1 atom stereocenters. The molecule has 0 saturated carbocycles. The highest BCUT2D eigenvalue weighted by atomic mass is 16.5. The van der Waals surface area contributed by atoms with E-state index in [1.165, 1.54) is 14.2 Å². The summed E-state index contributed by atoms with van der Waals surface area (Å²) in [6.45, 7) is 6.31. The van der Waals surface area contributed by atoms with Crippen molar-refractivity contribution in [3.05, 3.63) is 23.8 Å². The molecule has 0 spiro atoms. The number of amides is 1. The van der Waals surface area contributed by atoms with Crippen LogP contribution in [0.5, 0.6) is 5.75 Å². The Kier molecular flexibility index (Phi) is 8.41. The molecule has 1 rings (SSSR count). The summed E-state index contributed by atoms with van der Waals surface area (Å²) in [6, 6.07) is 4.93. The van der Waals surface area contributed by atoms with Crippen LogP contribution < -0.4 is 10.1 Å². The molecule has 6 nitrogen and oxygen atoms in total. The van der Waals surface area contributed by atoms with Crippen LogP contribution in [0, 0.1) is 0 Å². The second kappa shape index (κ2) is 10.0. The molecular weight excluding hydrogens is 322 g/mol. The van der Waals surface area contributed by atoms with E-state index in [0.29, 0.717) is 24.5 Å². The van der Waals surface area contributed by atoms with Gasteiger partial charge in [0.25, 0.3) is 5.91 Å². The molecule has 1 N–H and O–H groups in total. The average Bonchev–Trinajstić information content (AvgIpc) is 2.62. The van der Waals surface area contributed by atoms with E-state index < -0.39 is 11.6 Å². The number of ether oxygens (including phenoxy) is 3. The first-order valence-electron chi connectivity index (χ1n) is 8.63. The number of anilines is 1. The molecule has 0 aromatic heterocycles. The van der Waals surface area contributed by atoms with Gasteiger partial charge in [-0.15, -0.1) is 0 Å². The minimum absolute atomic E-state index is 0.257. The number of hydrogen-bond acceptors (Lipinski definition) is 5. The van der Waals surface area contributed by atoms with Crippen LogP contribution in [-0.2, 0) is 14.3 Å². The zero-order valence-corrected chi connectivity index (χ0v) is 15.8. The first kappa shape index (κ1) is 21.0. The zero-order chi connectivity index (χ0) is 18.9. The maximum Gasteiger partial charge on any atom is 0.341 e. The molecule has 0 bridgehead atoms. The van der Waals surface area contributed by atoms with E-state index >= 15 is 0 Å². The van der Waals surface area contributed by atoms with Crippen molar-refractivity contribution in [3.8, 4) is 5.75 Å². The minimum Gasteiger partial charge on any atom is -0.493 e. The van der Waals surface area contributed by atoms with Gasteiger partial charge in [0.1, 0.15) is 16.9 Å². The molecule has 1 aromatic rings. The van der Waals surface area contributed by atoms with Gasteiger partial charge in [-0.1, -0.05) is 26.7 Å². The molecule has 0 unspecified atom stereocenters. The molecule has 25 heavy (non-hydrogen) atoms. The largest absolute Gasteiger partial charge is 0.493 e. The van der Waals surface area contributed by atoms with Gasteiger partial charge in [0.05, 0.1) is 13.7 Å². The third-order valence-corrected chi connectivity index (χ3v) is 4.06. The van der Waals surface area contributed by atoms with E-state index in [-0.39, 0.29) is 11.5 Å². The van der Waals surface area contributed by atoms with E-state index in [4.69, 9.17) is 14.2 Å². The van der Waals surface area contributed by atoms with E-state index in [9.17, 15) is 9.59 Å². The lowest BCUT2D eigenvalue weighted by molar-refractivity contribution is -0.136. The lowest BCUT2D eigenvalue weighted by Gasteiger charge is -2.26. The van der Waals surface area contributed by atoms with Crippen molar-refractivity contribution in [3.63, 3.8) is 0 Å². The number of benzene rings is 1. The summed E-state index contributed by atoms with van der Waals surface area (Å²) in [6.07, 6.45) is 3.30. The number of carbonyl (C=O) groups excluding carboxylic acids is 2. The van der Waals surface area contributed by atoms with Crippen molar-refractivity contribution in [2.24, 2.45) is 0 Å². The lowest BCUT2D eigenvalue weighted by Crippen LogP contribution is -2.41. The average molecular weight is 351 g/mol. The van der Waals surface area contributed by atoms with Crippen molar-refractivity contribution in [1.82, 2.24) is 0 Å². The second-order valence-corrected chi connectivity index (χ2v) is 6.04. The molecule has 0 saturated heterocycles. The molecule has 6 heteroatoms. The first-order chi connectivity index (χ1) is 11.9. The van der Waals surface area contributed by atoms with Crippen LogP contribution in [0.25, 0.3) is 0 Å². The third-order valence-electron chi connectivity index (χ3n) is 4.06. The number of nitrogens with one attached hydrogen (secondary N) is 1. The second-order valence-electron chi connectivity index (χ2n) is 6.04. The van der Waals surface area contributed by atoms with E-state index in [1.54, 1.807) is 25.1 Å². The molecular formula is C19H29NO5. The van der Waals surface area contributed by atoms with Crippen molar-refractivity contribution in [2.75, 3.05) is 26.1 Å². The normalized spacial score (nSPS) is 13.0. The summed E-state index contributed by atoms with van der Waals surface area (Å²) < 4.78 is 15.8. The van der Waals surface area contributed by atoms with Crippen LogP contribution in [-0.4, -0.2) is 38.3 Å². The minimum atomic E-state index is -0.920. The van der Waals surface area contributed by atoms with Crippen LogP contribution in [0.1, 0.15) is 56.8 Å². The maximum absolute atomic E-state index is 12.5. The SMILES string of the molecule is CCCCOc1ccc(NC(=O)[C@@](C)(CCC)OC)cc1C(=O)OC. The monoisotopic (exact) mass is 351 g/mol. The van der Waals surface area contributed by atoms with Crippen molar-refractivity contribution >= 4 is 17.6 Å². The van der Waals surface area contributed by atoms with E-state index in [0.717, 1.165) is 19.3 Å². The maximum atomic E-state index is 12.5. The standard InChI is InChI=1S/C19H29NO5/c1-6-8-12-25-16-10-9-14(13-15(16)17(21)23-4)20-18(22)19(3,24-5)11-7-2/h9-10,13H,6-8,11-12H2,1-5H3,(H,20,22)/t19-/m1/s1. The van der Waals surface area contributed by atoms with Crippen LogP contribution >= 0.6 is 0 Å². The number of esters is 1. The van der Waals surface area contributed by atoms with E-state index in [2.05, 4.69) is 12.2 Å². The number of rotatable bonds is 10. The Morgan fingerprint density at radius 3 is 2.44 bits per heavy atom. The number of hydrogen-bond donors (Lipinski definition) is 1. The Balaban J connectivity index is 3.01. The van der Waals surface area contributed by atoms with Crippen LogP contribution in [0.15, 0.2) is 18.2 Å². The van der Waals surface area contributed by atoms with Gasteiger partial charge in [0.15, 0.2) is 0 Å². The molecule has 0 fully saturated rings. The zero-order valence-electron chi connectivity index (χ0n) is 15.8. The first-order valence-corrected chi connectivity index (χ1v) is 8.63. The van der Waals surface area contributed by atoms with Gasteiger partial charge in [-0.25, -0.2) is 4.79 Å². The Morgan fingerprint density at radius 2 is 1.88 bits per heavy atom. The van der Waals surface area contributed by atoms with Crippen molar-refractivity contribution in [1.29, 1.82) is 0 Å².